The fraction of sp³-hybridized carbons (Fsp3) is 0.643. The van der Waals surface area contributed by atoms with Crippen molar-refractivity contribution >= 4 is 16.3 Å². The number of hydrogen-bond donors (Lipinski definition) is 1. The van der Waals surface area contributed by atoms with E-state index in [1.54, 1.807) is 11.3 Å². The van der Waals surface area contributed by atoms with E-state index in [4.69, 9.17) is 4.98 Å². The summed E-state index contributed by atoms with van der Waals surface area (Å²) in [6, 6.07) is 0. The molecule has 0 amide bonds. The molecule has 1 fully saturated rings. The molecule has 2 unspecified atom stereocenters. The molecule has 0 saturated heterocycles. The van der Waals surface area contributed by atoms with Gasteiger partial charge in [0.15, 0.2) is 4.96 Å². The predicted molar refractivity (Wildman–Crippen MR) is 76.1 cm³/mol. The highest BCUT2D eigenvalue weighted by atomic mass is 32.1. The average molecular weight is 263 g/mol. The Kier molecular flexibility index (Phi) is 3.66. The molecule has 3 rings (SSSR count). The maximum Gasteiger partial charge on any atom is 0.193 e. The largest absolute Gasteiger partial charge is 0.317 e. The molecule has 0 aliphatic heterocycles. The van der Waals surface area contributed by atoms with Crippen molar-refractivity contribution < 1.29 is 0 Å². The summed E-state index contributed by atoms with van der Waals surface area (Å²) in [5, 5.41) is 5.60. The standard InChI is InChI=1S/C14H21N3S/c1-2-15-9-12-5-3-4-11(12)8-13-10-17-6-7-18-14(17)16-13/h6-7,10-12,15H,2-5,8-9H2,1H3. The zero-order valence-corrected chi connectivity index (χ0v) is 11.7. The number of fused-ring (bicyclic) bond motifs is 1. The van der Waals surface area contributed by atoms with Crippen LogP contribution in [0.4, 0.5) is 0 Å². The van der Waals surface area contributed by atoms with Crippen LogP contribution in [0.3, 0.4) is 0 Å². The molecule has 0 aromatic carbocycles. The van der Waals surface area contributed by atoms with Crippen LogP contribution in [0.1, 0.15) is 31.9 Å². The van der Waals surface area contributed by atoms with Gasteiger partial charge in [-0.25, -0.2) is 4.98 Å². The molecule has 1 aliphatic carbocycles. The molecule has 0 radical (unpaired) electrons. The van der Waals surface area contributed by atoms with Crippen molar-refractivity contribution in [2.45, 2.75) is 32.6 Å². The van der Waals surface area contributed by atoms with Crippen molar-refractivity contribution in [1.29, 1.82) is 0 Å². The molecule has 18 heavy (non-hydrogen) atoms. The summed E-state index contributed by atoms with van der Waals surface area (Å²) < 4.78 is 2.15. The van der Waals surface area contributed by atoms with Crippen molar-refractivity contribution in [3.63, 3.8) is 0 Å². The quantitative estimate of drug-likeness (QED) is 0.898. The zero-order chi connectivity index (χ0) is 12.4. The van der Waals surface area contributed by atoms with Gasteiger partial charge in [0.1, 0.15) is 0 Å². The Balaban J connectivity index is 1.65. The van der Waals surface area contributed by atoms with E-state index in [2.05, 4.69) is 34.4 Å². The number of aromatic nitrogens is 2. The molecule has 2 atom stereocenters. The first-order valence-electron chi connectivity index (χ1n) is 6.98. The Bertz CT molecular complexity index is 473. The van der Waals surface area contributed by atoms with Gasteiger partial charge in [-0.1, -0.05) is 13.3 Å². The summed E-state index contributed by atoms with van der Waals surface area (Å²) in [4.78, 5) is 5.84. The third kappa shape index (κ3) is 2.45. The summed E-state index contributed by atoms with van der Waals surface area (Å²) in [7, 11) is 0. The van der Waals surface area contributed by atoms with E-state index in [-0.39, 0.29) is 0 Å². The number of imidazole rings is 1. The molecule has 1 aliphatic rings. The van der Waals surface area contributed by atoms with Crippen LogP contribution in [0.25, 0.3) is 4.96 Å². The molecule has 0 bridgehead atoms. The highest BCUT2D eigenvalue weighted by molar-refractivity contribution is 7.15. The van der Waals surface area contributed by atoms with Gasteiger partial charge in [0.25, 0.3) is 0 Å². The van der Waals surface area contributed by atoms with Gasteiger partial charge in [-0.2, -0.15) is 0 Å². The number of nitrogens with zero attached hydrogens (tertiary/aromatic N) is 2. The van der Waals surface area contributed by atoms with Crippen molar-refractivity contribution in [2.75, 3.05) is 13.1 Å². The summed E-state index contributed by atoms with van der Waals surface area (Å²) in [6.45, 7) is 4.46. The lowest BCUT2D eigenvalue weighted by atomic mass is 9.92. The van der Waals surface area contributed by atoms with Crippen LogP contribution in [-0.4, -0.2) is 22.5 Å². The van der Waals surface area contributed by atoms with Crippen LogP contribution in [0.2, 0.25) is 0 Å². The van der Waals surface area contributed by atoms with Gasteiger partial charge in [-0.15, -0.1) is 11.3 Å². The van der Waals surface area contributed by atoms with E-state index in [1.807, 2.05) is 0 Å². The summed E-state index contributed by atoms with van der Waals surface area (Å²) in [6.07, 6.45) is 9.62. The molecule has 2 aromatic rings. The number of thiazole rings is 1. The molecule has 4 heteroatoms. The lowest BCUT2D eigenvalue weighted by Gasteiger charge is -2.18. The summed E-state index contributed by atoms with van der Waals surface area (Å²) >= 11 is 1.72. The highest BCUT2D eigenvalue weighted by Gasteiger charge is 2.27. The lowest BCUT2D eigenvalue weighted by Crippen LogP contribution is -2.26. The van der Waals surface area contributed by atoms with Gasteiger partial charge >= 0.3 is 0 Å². The van der Waals surface area contributed by atoms with Crippen LogP contribution >= 0.6 is 11.3 Å². The molecule has 98 valence electrons. The van der Waals surface area contributed by atoms with E-state index < -0.39 is 0 Å². The Hall–Kier alpha value is -0.870. The van der Waals surface area contributed by atoms with E-state index >= 15 is 0 Å². The van der Waals surface area contributed by atoms with Gasteiger partial charge < -0.3 is 5.32 Å². The van der Waals surface area contributed by atoms with E-state index in [0.717, 1.165) is 29.8 Å². The number of rotatable bonds is 5. The van der Waals surface area contributed by atoms with Crippen molar-refractivity contribution in [1.82, 2.24) is 14.7 Å². The molecule has 1 saturated carbocycles. The fourth-order valence-corrected chi connectivity index (χ4v) is 3.84. The molecule has 3 nitrogen and oxygen atoms in total. The first kappa shape index (κ1) is 12.2. The third-order valence-corrected chi connectivity index (χ3v) is 4.86. The second kappa shape index (κ2) is 5.41. The summed E-state index contributed by atoms with van der Waals surface area (Å²) in [5.74, 6) is 1.68. The normalized spacial score (nSPS) is 24.1. The topological polar surface area (TPSA) is 29.3 Å². The second-order valence-corrected chi connectivity index (χ2v) is 6.16. The number of nitrogens with one attached hydrogen (secondary N) is 1. The predicted octanol–water partition coefficient (Wildman–Crippen LogP) is 2.96. The van der Waals surface area contributed by atoms with Crippen molar-refractivity contribution in [3.05, 3.63) is 23.5 Å². The van der Waals surface area contributed by atoms with Crippen LogP contribution in [0.15, 0.2) is 17.8 Å². The van der Waals surface area contributed by atoms with Gasteiger partial charge in [-0.05, 0) is 44.2 Å². The van der Waals surface area contributed by atoms with E-state index in [9.17, 15) is 0 Å². The molecular weight excluding hydrogens is 242 g/mol. The van der Waals surface area contributed by atoms with Crippen LogP contribution in [-0.2, 0) is 6.42 Å². The molecule has 2 aromatic heterocycles. The fourth-order valence-electron chi connectivity index (χ4n) is 3.12. The van der Waals surface area contributed by atoms with Crippen molar-refractivity contribution in [3.8, 4) is 0 Å². The Morgan fingerprint density at radius 1 is 1.44 bits per heavy atom. The van der Waals surface area contributed by atoms with Crippen molar-refractivity contribution in [2.24, 2.45) is 11.8 Å². The highest BCUT2D eigenvalue weighted by Crippen LogP contribution is 2.33. The maximum atomic E-state index is 4.71. The minimum Gasteiger partial charge on any atom is -0.317 e. The lowest BCUT2D eigenvalue weighted by molar-refractivity contribution is 0.366. The molecule has 0 spiro atoms. The van der Waals surface area contributed by atoms with Crippen LogP contribution in [0, 0.1) is 11.8 Å². The SMILES string of the molecule is CCNCC1CCCC1Cc1cn2ccsc2n1. The van der Waals surface area contributed by atoms with Gasteiger partial charge in [0.05, 0.1) is 5.69 Å². The van der Waals surface area contributed by atoms with Crippen LogP contribution in [0.5, 0.6) is 0 Å². The first-order chi connectivity index (χ1) is 8.86. The first-order valence-corrected chi connectivity index (χ1v) is 7.86. The average Bonchev–Trinajstić information content (AvgIpc) is 3.02. The minimum atomic E-state index is 0.827. The third-order valence-electron chi connectivity index (χ3n) is 4.09. The maximum absolute atomic E-state index is 4.71. The smallest absolute Gasteiger partial charge is 0.193 e. The summed E-state index contributed by atoms with van der Waals surface area (Å²) in [5.41, 5.74) is 1.27. The van der Waals surface area contributed by atoms with E-state index in [1.165, 1.54) is 31.5 Å². The Labute approximate surface area is 112 Å². The Morgan fingerprint density at radius 3 is 3.17 bits per heavy atom. The molecular formula is C14H21N3S. The van der Waals surface area contributed by atoms with E-state index in [0.29, 0.717) is 0 Å². The Morgan fingerprint density at radius 2 is 2.33 bits per heavy atom. The zero-order valence-electron chi connectivity index (χ0n) is 10.9. The number of hydrogen-bond acceptors (Lipinski definition) is 3. The van der Waals surface area contributed by atoms with Gasteiger partial charge in [0.2, 0.25) is 0 Å². The molecule has 2 heterocycles. The minimum absolute atomic E-state index is 0.827. The van der Waals surface area contributed by atoms with Gasteiger partial charge in [-0.3, -0.25) is 4.40 Å². The van der Waals surface area contributed by atoms with Gasteiger partial charge in [0, 0.05) is 17.8 Å². The molecule has 1 N–H and O–H groups in total. The van der Waals surface area contributed by atoms with Crippen LogP contribution < -0.4 is 5.32 Å². The monoisotopic (exact) mass is 263 g/mol. The second-order valence-electron chi connectivity index (χ2n) is 5.29.